The Labute approximate surface area is 114 Å². The Kier molecular flexibility index (Phi) is 4.10. The molecular weight excluding hydrogens is 240 g/mol. The van der Waals surface area contributed by atoms with E-state index in [-0.39, 0.29) is 18.1 Å². The van der Waals surface area contributed by atoms with Gasteiger partial charge in [0.25, 0.3) is 5.91 Å². The van der Waals surface area contributed by atoms with Crippen molar-refractivity contribution in [3.05, 3.63) is 29.3 Å². The quantitative estimate of drug-likeness (QED) is 0.889. The third kappa shape index (κ3) is 3.07. The molecule has 2 atom stereocenters. The molecule has 2 rings (SSSR count). The number of nitrogens with zero attached hydrogens (tertiary/aromatic N) is 1. The van der Waals surface area contributed by atoms with Crippen molar-refractivity contribution in [1.29, 1.82) is 0 Å². The summed E-state index contributed by atoms with van der Waals surface area (Å²) in [6.45, 7) is 7.32. The number of amides is 1. The van der Waals surface area contributed by atoms with Crippen LogP contribution in [0.1, 0.15) is 29.8 Å². The normalized spacial score (nSPS) is 23.3. The lowest BCUT2D eigenvalue weighted by atomic mass is 10.1. The molecule has 0 radical (unpaired) electrons. The number of hydrogen-bond acceptors (Lipinski definition) is 3. The average molecular weight is 262 g/mol. The van der Waals surface area contributed by atoms with Crippen molar-refractivity contribution in [2.24, 2.45) is 0 Å². The molecule has 1 aliphatic heterocycles. The zero-order chi connectivity index (χ0) is 14.0. The van der Waals surface area contributed by atoms with E-state index in [2.05, 4.69) is 5.32 Å². The Bertz CT molecular complexity index is 463. The van der Waals surface area contributed by atoms with Gasteiger partial charge in [-0.25, -0.2) is 0 Å². The highest BCUT2D eigenvalue weighted by Gasteiger charge is 2.27. The minimum Gasteiger partial charge on any atom is -0.387 e. The highest BCUT2D eigenvalue weighted by molar-refractivity contribution is 5.99. The van der Waals surface area contributed by atoms with Crippen LogP contribution in [0.4, 0.5) is 5.69 Å². The van der Waals surface area contributed by atoms with Gasteiger partial charge in [0, 0.05) is 25.8 Å². The van der Waals surface area contributed by atoms with Crippen molar-refractivity contribution in [3.63, 3.8) is 0 Å². The van der Waals surface area contributed by atoms with Gasteiger partial charge in [-0.1, -0.05) is 11.6 Å². The summed E-state index contributed by atoms with van der Waals surface area (Å²) in [7, 11) is 1.84. The molecule has 0 spiro atoms. The van der Waals surface area contributed by atoms with E-state index in [1.165, 1.54) is 0 Å². The van der Waals surface area contributed by atoms with Gasteiger partial charge in [0.05, 0.1) is 17.8 Å². The summed E-state index contributed by atoms with van der Waals surface area (Å²) in [6.07, 6.45) is 0.186. The maximum absolute atomic E-state index is 12.7. The lowest BCUT2D eigenvalue weighted by molar-refractivity contribution is -0.0585. The molecule has 0 aromatic heterocycles. The third-order valence-corrected chi connectivity index (χ3v) is 3.38. The second-order valence-corrected chi connectivity index (χ2v) is 5.27. The number of anilines is 1. The van der Waals surface area contributed by atoms with Crippen LogP contribution in [0.15, 0.2) is 18.2 Å². The molecule has 1 aliphatic rings. The van der Waals surface area contributed by atoms with Crippen LogP contribution in [-0.2, 0) is 4.74 Å². The lowest BCUT2D eigenvalue weighted by Gasteiger charge is -2.35. The second-order valence-electron chi connectivity index (χ2n) is 5.27. The molecule has 0 bridgehead atoms. The highest BCUT2D eigenvalue weighted by Crippen LogP contribution is 2.21. The minimum absolute atomic E-state index is 0.0788. The van der Waals surface area contributed by atoms with E-state index < -0.39 is 0 Å². The predicted molar refractivity (Wildman–Crippen MR) is 76.6 cm³/mol. The highest BCUT2D eigenvalue weighted by atomic mass is 16.5. The van der Waals surface area contributed by atoms with Crippen LogP contribution in [0.2, 0.25) is 0 Å². The largest absolute Gasteiger partial charge is 0.387 e. The van der Waals surface area contributed by atoms with Gasteiger partial charge < -0.3 is 15.0 Å². The SMILES string of the molecule is CNc1ccc(C)cc1C(=O)N1CC(C)OC(C)C1. The van der Waals surface area contributed by atoms with Crippen LogP contribution in [0.25, 0.3) is 0 Å². The summed E-state index contributed by atoms with van der Waals surface area (Å²) >= 11 is 0. The molecule has 0 aliphatic carbocycles. The predicted octanol–water partition coefficient (Wildman–Crippen LogP) is 2.29. The number of ether oxygens (including phenoxy) is 1. The van der Waals surface area contributed by atoms with E-state index in [4.69, 9.17) is 4.74 Å². The number of carbonyl (C=O) groups is 1. The first-order valence-electron chi connectivity index (χ1n) is 6.74. The zero-order valence-corrected chi connectivity index (χ0v) is 12.1. The number of rotatable bonds is 2. The molecule has 4 nitrogen and oxygen atoms in total. The molecule has 1 fully saturated rings. The summed E-state index contributed by atoms with van der Waals surface area (Å²) in [5.41, 5.74) is 2.71. The molecule has 1 amide bonds. The Morgan fingerprint density at radius 3 is 2.53 bits per heavy atom. The number of aryl methyl sites for hydroxylation is 1. The summed E-state index contributed by atoms with van der Waals surface area (Å²) < 4.78 is 5.67. The Morgan fingerprint density at radius 1 is 1.32 bits per heavy atom. The third-order valence-electron chi connectivity index (χ3n) is 3.38. The van der Waals surface area contributed by atoms with Gasteiger partial charge in [0.15, 0.2) is 0 Å². The van der Waals surface area contributed by atoms with E-state index >= 15 is 0 Å². The van der Waals surface area contributed by atoms with Crippen LogP contribution in [0, 0.1) is 6.92 Å². The van der Waals surface area contributed by atoms with Crippen LogP contribution < -0.4 is 5.32 Å². The zero-order valence-electron chi connectivity index (χ0n) is 12.1. The number of carbonyl (C=O) groups excluding carboxylic acids is 1. The van der Waals surface area contributed by atoms with Gasteiger partial charge in [-0.3, -0.25) is 4.79 Å². The van der Waals surface area contributed by atoms with Gasteiger partial charge in [-0.05, 0) is 32.9 Å². The van der Waals surface area contributed by atoms with E-state index in [0.29, 0.717) is 13.1 Å². The van der Waals surface area contributed by atoms with Crippen LogP contribution in [0.3, 0.4) is 0 Å². The van der Waals surface area contributed by atoms with Crippen LogP contribution in [-0.4, -0.2) is 43.2 Å². The fourth-order valence-corrected chi connectivity index (χ4v) is 2.57. The molecule has 0 saturated carbocycles. The van der Waals surface area contributed by atoms with Crippen LogP contribution >= 0.6 is 0 Å². The van der Waals surface area contributed by atoms with Gasteiger partial charge in [-0.2, -0.15) is 0 Å². The summed E-state index contributed by atoms with van der Waals surface area (Å²) in [6, 6.07) is 5.90. The standard InChI is InChI=1S/C15H22N2O2/c1-10-5-6-14(16-4)13(7-10)15(18)17-8-11(2)19-12(3)9-17/h5-7,11-12,16H,8-9H2,1-4H3. The summed E-state index contributed by atoms with van der Waals surface area (Å²) in [4.78, 5) is 14.5. The first kappa shape index (κ1) is 13.9. The molecular formula is C15H22N2O2. The van der Waals surface area contributed by atoms with Crippen molar-refractivity contribution in [1.82, 2.24) is 4.90 Å². The number of hydrogen-bond donors (Lipinski definition) is 1. The fourth-order valence-electron chi connectivity index (χ4n) is 2.57. The molecule has 1 aromatic carbocycles. The molecule has 104 valence electrons. The molecule has 4 heteroatoms. The minimum atomic E-state index is 0.0788. The molecule has 1 heterocycles. The van der Waals surface area contributed by atoms with Crippen LogP contribution in [0.5, 0.6) is 0 Å². The monoisotopic (exact) mass is 262 g/mol. The Hall–Kier alpha value is -1.55. The van der Waals surface area contributed by atoms with Crippen molar-refractivity contribution in [2.45, 2.75) is 33.0 Å². The van der Waals surface area contributed by atoms with Crippen molar-refractivity contribution < 1.29 is 9.53 Å². The molecule has 1 N–H and O–H groups in total. The topological polar surface area (TPSA) is 41.6 Å². The maximum atomic E-state index is 12.7. The van der Waals surface area contributed by atoms with Crippen molar-refractivity contribution >= 4 is 11.6 Å². The fraction of sp³-hybridized carbons (Fsp3) is 0.533. The Balaban J connectivity index is 2.26. The second kappa shape index (κ2) is 5.61. The van der Waals surface area contributed by atoms with E-state index in [0.717, 1.165) is 16.8 Å². The molecule has 1 saturated heterocycles. The van der Waals surface area contributed by atoms with Gasteiger partial charge in [-0.15, -0.1) is 0 Å². The molecule has 1 aromatic rings. The van der Waals surface area contributed by atoms with E-state index in [1.807, 2.05) is 50.9 Å². The molecule has 19 heavy (non-hydrogen) atoms. The van der Waals surface area contributed by atoms with Gasteiger partial charge >= 0.3 is 0 Å². The summed E-state index contributed by atoms with van der Waals surface area (Å²) in [5, 5.41) is 3.09. The number of nitrogens with one attached hydrogen (secondary N) is 1. The average Bonchev–Trinajstić information content (AvgIpc) is 2.36. The van der Waals surface area contributed by atoms with E-state index in [1.54, 1.807) is 0 Å². The van der Waals surface area contributed by atoms with E-state index in [9.17, 15) is 4.79 Å². The van der Waals surface area contributed by atoms with Crippen molar-refractivity contribution in [3.8, 4) is 0 Å². The summed E-state index contributed by atoms with van der Waals surface area (Å²) in [5.74, 6) is 0.0788. The van der Waals surface area contributed by atoms with Gasteiger partial charge in [0.1, 0.15) is 0 Å². The first-order valence-corrected chi connectivity index (χ1v) is 6.74. The maximum Gasteiger partial charge on any atom is 0.256 e. The Morgan fingerprint density at radius 2 is 1.95 bits per heavy atom. The number of morpholine rings is 1. The first-order chi connectivity index (χ1) is 9.01. The van der Waals surface area contributed by atoms with Gasteiger partial charge in [0.2, 0.25) is 0 Å². The lowest BCUT2D eigenvalue weighted by Crippen LogP contribution is -2.48. The number of benzene rings is 1. The molecule has 2 unspecified atom stereocenters. The van der Waals surface area contributed by atoms with Crippen molar-refractivity contribution in [2.75, 3.05) is 25.5 Å². The smallest absolute Gasteiger partial charge is 0.256 e.